The van der Waals surface area contributed by atoms with Gasteiger partial charge in [-0.25, -0.2) is 13.6 Å². The van der Waals surface area contributed by atoms with Gasteiger partial charge in [-0.1, -0.05) is 0 Å². The van der Waals surface area contributed by atoms with Crippen molar-refractivity contribution < 1.29 is 21.6 Å². The Labute approximate surface area is 102 Å². The summed E-state index contributed by atoms with van der Waals surface area (Å²) in [6.07, 6.45) is -4.55. The van der Waals surface area contributed by atoms with E-state index in [1.165, 1.54) is 21.1 Å². The Bertz CT molecular complexity index is 535. The lowest BCUT2D eigenvalue weighted by Crippen LogP contribution is -2.34. The van der Waals surface area contributed by atoms with Gasteiger partial charge in [-0.15, -0.1) is 0 Å². The van der Waals surface area contributed by atoms with Gasteiger partial charge in [-0.3, -0.25) is 9.58 Å². The highest BCUT2D eigenvalue weighted by molar-refractivity contribution is 7.89. The molecule has 2 N–H and O–H groups in total. The number of nitrogens with zero attached hydrogens (tertiary/aromatic N) is 3. The molecule has 0 fully saturated rings. The molecular weight excluding hydrogens is 273 g/mol. The summed E-state index contributed by atoms with van der Waals surface area (Å²) in [4.78, 5) is 0.921. The number of sulfonamides is 1. The zero-order valence-electron chi connectivity index (χ0n) is 9.93. The molecule has 0 aliphatic carbocycles. The van der Waals surface area contributed by atoms with Crippen molar-refractivity contribution in [3.63, 3.8) is 0 Å². The highest BCUT2D eigenvalue weighted by Gasteiger charge is 2.44. The minimum Gasteiger partial charge on any atom is -0.293 e. The minimum absolute atomic E-state index is 0.295. The number of rotatable bonds is 3. The molecule has 0 bridgehead atoms. The average Bonchev–Trinajstić information content (AvgIpc) is 2.44. The Morgan fingerprint density at radius 3 is 2.22 bits per heavy atom. The summed E-state index contributed by atoms with van der Waals surface area (Å²) >= 11 is 0. The number of hydrogen-bond acceptors (Lipinski definition) is 4. The molecule has 1 aromatic rings. The van der Waals surface area contributed by atoms with Crippen molar-refractivity contribution in [2.75, 3.05) is 14.1 Å². The second-order valence-corrected chi connectivity index (χ2v) is 5.49. The Morgan fingerprint density at radius 2 is 1.94 bits per heavy atom. The summed E-state index contributed by atoms with van der Waals surface area (Å²) in [6, 6.07) is -1.13. The summed E-state index contributed by atoms with van der Waals surface area (Å²) in [7, 11) is -0.423. The van der Waals surface area contributed by atoms with Gasteiger partial charge in [-0.05, 0) is 14.1 Å². The third-order valence-corrected chi connectivity index (χ3v) is 3.07. The number of aromatic nitrogens is 2. The van der Waals surface area contributed by atoms with Gasteiger partial charge >= 0.3 is 6.18 Å². The first-order valence-corrected chi connectivity index (χ1v) is 6.29. The van der Waals surface area contributed by atoms with E-state index < -0.39 is 27.3 Å². The van der Waals surface area contributed by atoms with Crippen LogP contribution in [0.5, 0.6) is 0 Å². The van der Waals surface area contributed by atoms with Crippen molar-refractivity contribution in [2.45, 2.75) is 17.2 Å². The third kappa shape index (κ3) is 3.00. The number of aryl methyl sites for hydroxylation is 1. The van der Waals surface area contributed by atoms with Crippen molar-refractivity contribution in [1.29, 1.82) is 0 Å². The van der Waals surface area contributed by atoms with Crippen molar-refractivity contribution >= 4 is 10.0 Å². The predicted octanol–water partition coefficient (Wildman–Crippen LogP) is 0.232. The lowest BCUT2D eigenvalue weighted by atomic mass is 10.2. The number of alkyl halides is 3. The molecule has 10 heteroatoms. The monoisotopic (exact) mass is 286 g/mol. The second-order valence-electron chi connectivity index (χ2n) is 3.98. The van der Waals surface area contributed by atoms with E-state index in [9.17, 15) is 21.6 Å². The number of nitrogens with two attached hydrogens (primary N) is 1. The zero-order valence-corrected chi connectivity index (χ0v) is 10.7. The fourth-order valence-corrected chi connectivity index (χ4v) is 2.10. The normalized spacial score (nSPS) is 15.1. The van der Waals surface area contributed by atoms with Crippen LogP contribution in [0.4, 0.5) is 13.2 Å². The molecule has 0 saturated carbocycles. The average molecular weight is 286 g/mol. The Kier molecular flexibility index (Phi) is 3.75. The van der Waals surface area contributed by atoms with Gasteiger partial charge in [0.05, 0.1) is 5.69 Å². The first kappa shape index (κ1) is 14.9. The second kappa shape index (κ2) is 4.52. The van der Waals surface area contributed by atoms with E-state index in [0.29, 0.717) is 0 Å². The number of hydrogen-bond donors (Lipinski definition) is 1. The molecule has 0 amide bonds. The van der Waals surface area contributed by atoms with Crippen molar-refractivity contribution in [3.05, 3.63) is 11.8 Å². The summed E-state index contributed by atoms with van der Waals surface area (Å²) < 4.78 is 61.6. The van der Waals surface area contributed by atoms with Gasteiger partial charge in [0.15, 0.2) is 5.03 Å². The van der Waals surface area contributed by atoms with Crippen LogP contribution in [0.3, 0.4) is 0 Å². The van der Waals surface area contributed by atoms with Crippen molar-refractivity contribution in [3.8, 4) is 0 Å². The third-order valence-electron chi connectivity index (χ3n) is 2.29. The maximum absolute atomic E-state index is 12.9. The van der Waals surface area contributed by atoms with Gasteiger partial charge in [0.25, 0.3) is 10.0 Å². The lowest BCUT2D eigenvalue weighted by Gasteiger charge is -2.26. The van der Waals surface area contributed by atoms with E-state index in [1.807, 2.05) is 0 Å². The fourth-order valence-electron chi connectivity index (χ4n) is 1.57. The smallest absolute Gasteiger partial charge is 0.293 e. The van der Waals surface area contributed by atoms with Crippen LogP contribution in [0.1, 0.15) is 11.7 Å². The molecule has 0 aliphatic rings. The predicted molar refractivity (Wildman–Crippen MR) is 57.1 cm³/mol. The molecule has 1 heterocycles. The van der Waals surface area contributed by atoms with E-state index in [4.69, 9.17) is 5.14 Å². The Morgan fingerprint density at radius 1 is 1.44 bits per heavy atom. The Balaban J connectivity index is 3.36. The van der Waals surface area contributed by atoms with E-state index in [-0.39, 0.29) is 5.69 Å². The molecule has 1 aromatic heterocycles. The topological polar surface area (TPSA) is 81.2 Å². The molecule has 18 heavy (non-hydrogen) atoms. The standard InChI is InChI=1S/C8H13F3N4O2S/c1-14(2)7(8(9,10)11)5-4-6(13-15(5)3)18(12,16)17/h4,7H,1-3H3,(H2,12,16,17). The van der Waals surface area contributed by atoms with Gasteiger partial charge < -0.3 is 0 Å². The maximum Gasteiger partial charge on any atom is 0.409 e. The van der Waals surface area contributed by atoms with E-state index in [0.717, 1.165) is 15.6 Å². The van der Waals surface area contributed by atoms with Gasteiger partial charge in [-0.2, -0.15) is 18.3 Å². The maximum atomic E-state index is 12.9. The molecule has 1 unspecified atom stereocenters. The van der Waals surface area contributed by atoms with E-state index >= 15 is 0 Å². The molecule has 0 saturated heterocycles. The van der Waals surface area contributed by atoms with Crippen LogP contribution in [0.15, 0.2) is 11.1 Å². The minimum atomic E-state index is -4.55. The first-order valence-electron chi connectivity index (χ1n) is 4.74. The summed E-state index contributed by atoms with van der Waals surface area (Å²) in [5.41, 5.74) is -0.295. The highest BCUT2D eigenvalue weighted by atomic mass is 32.2. The van der Waals surface area contributed by atoms with Crippen molar-refractivity contribution in [2.24, 2.45) is 12.2 Å². The van der Waals surface area contributed by atoms with Gasteiger partial charge in [0.1, 0.15) is 6.04 Å². The van der Waals surface area contributed by atoms with Crippen LogP contribution in [-0.2, 0) is 17.1 Å². The van der Waals surface area contributed by atoms with Crippen LogP contribution >= 0.6 is 0 Å². The SMILES string of the molecule is CN(C)C(c1cc(S(N)(=O)=O)nn1C)C(F)(F)F. The van der Waals surface area contributed by atoms with Crippen LogP contribution in [-0.4, -0.2) is 43.4 Å². The van der Waals surface area contributed by atoms with Crippen LogP contribution in [0.25, 0.3) is 0 Å². The molecule has 0 radical (unpaired) electrons. The molecule has 6 nitrogen and oxygen atoms in total. The van der Waals surface area contributed by atoms with E-state index in [1.54, 1.807) is 0 Å². The van der Waals surface area contributed by atoms with Gasteiger partial charge in [0.2, 0.25) is 0 Å². The number of halogens is 3. The first-order chi connectivity index (χ1) is 7.94. The summed E-state index contributed by atoms with van der Waals surface area (Å²) in [6.45, 7) is 0. The lowest BCUT2D eigenvalue weighted by molar-refractivity contribution is -0.181. The van der Waals surface area contributed by atoms with Crippen LogP contribution in [0, 0.1) is 0 Å². The highest BCUT2D eigenvalue weighted by Crippen LogP contribution is 2.36. The largest absolute Gasteiger partial charge is 0.409 e. The molecular formula is C8H13F3N4O2S. The van der Waals surface area contributed by atoms with E-state index in [2.05, 4.69) is 5.10 Å². The molecule has 104 valence electrons. The molecule has 0 aromatic carbocycles. The van der Waals surface area contributed by atoms with Crippen molar-refractivity contribution in [1.82, 2.24) is 14.7 Å². The fraction of sp³-hybridized carbons (Fsp3) is 0.625. The molecule has 0 spiro atoms. The number of primary sulfonamides is 1. The van der Waals surface area contributed by atoms with Gasteiger partial charge in [0, 0.05) is 13.1 Å². The molecule has 0 aliphatic heterocycles. The molecule has 1 rings (SSSR count). The Hall–Kier alpha value is -1.13. The summed E-state index contributed by atoms with van der Waals surface area (Å²) in [5.74, 6) is 0. The zero-order chi connectivity index (χ0) is 14.3. The quantitative estimate of drug-likeness (QED) is 0.862. The summed E-state index contributed by atoms with van der Waals surface area (Å²) in [5, 5.41) is 7.71. The van der Waals surface area contributed by atoms with Crippen LogP contribution < -0.4 is 5.14 Å². The molecule has 1 atom stereocenters. The van der Waals surface area contributed by atoms with Crippen LogP contribution in [0.2, 0.25) is 0 Å².